The summed E-state index contributed by atoms with van der Waals surface area (Å²) >= 11 is 0. The fraction of sp³-hybridized carbons (Fsp3) is 0.647. The Morgan fingerprint density at radius 3 is 3.14 bits per heavy atom. The predicted molar refractivity (Wildman–Crippen MR) is 84.1 cm³/mol. The summed E-state index contributed by atoms with van der Waals surface area (Å²) in [7, 11) is 0. The van der Waals surface area contributed by atoms with Crippen molar-refractivity contribution in [2.45, 2.75) is 45.3 Å². The fourth-order valence-corrected chi connectivity index (χ4v) is 3.37. The second kappa shape index (κ2) is 6.65. The first-order valence-electron chi connectivity index (χ1n) is 8.17. The molecule has 5 nitrogen and oxygen atoms in total. The van der Waals surface area contributed by atoms with E-state index in [0.717, 1.165) is 38.4 Å². The molecule has 22 heavy (non-hydrogen) atoms. The van der Waals surface area contributed by atoms with E-state index < -0.39 is 0 Å². The van der Waals surface area contributed by atoms with Crippen LogP contribution < -0.4 is 4.90 Å². The van der Waals surface area contributed by atoms with Crippen molar-refractivity contribution < 1.29 is 14.3 Å². The van der Waals surface area contributed by atoms with Crippen molar-refractivity contribution in [1.29, 1.82) is 0 Å². The Kier molecular flexibility index (Phi) is 4.62. The number of fused-ring (bicyclic) bond motifs is 1. The Balaban J connectivity index is 1.78. The molecule has 3 rings (SSSR count). The molecule has 120 valence electrons. The highest BCUT2D eigenvalue weighted by molar-refractivity contribution is 5.94. The van der Waals surface area contributed by atoms with Crippen molar-refractivity contribution >= 4 is 11.8 Å². The number of aromatic nitrogens is 1. The van der Waals surface area contributed by atoms with E-state index in [2.05, 4.69) is 9.88 Å². The summed E-state index contributed by atoms with van der Waals surface area (Å²) in [5.74, 6) is 0.996. The lowest BCUT2D eigenvalue weighted by molar-refractivity contribution is -0.0358. The average molecular weight is 304 g/mol. The molecule has 5 heteroatoms. The molecular formula is C17H24N2O3. The minimum atomic E-state index is -0.292. The SMILES string of the molecule is CC(C)OC(=O)c1cccnc1N1CC[C@H]2OCCC[C@@H]2C1. The molecule has 0 bridgehead atoms. The first kappa shape index (κ1) is 15.3. The molecular weight excluding hydrogens is 280 g/mol. The highest BCUT2D eigenvalue weighted by atomic mass is 16.5. The van der Waals surface area contributed by atoms with E-state index in [1.807, 2.05) is 13.8 Å². The predicted octanol–water partition coefficient (Wildman–Crippen LogP) is 2.65. The van der Waals surface area contributed by atoms with Gasteiger partial charge in [0.05, 0.1) is 12.2 Å². The minimum absolute atomic E-state index is 0.127. The van der Waals surface area contributed by atoms with Crippen LogP contribution in [-0.4, -0.2) is 42.9 Å². The zero-order chi connectivity index (χ0) is 15.5. The summed E-state index contributed by atoms with van der Waals surface area (Å²) in [6.45, 7) is 6.39. The van der Waals surface area contributed by atoms with E-state index in [1.54, 1.807) is 18.3 Å². The molecule has 2 saturated heterocycles. The summed E-state index contributed by atoms with van der Waals surface area (Å²) in [6, 6.07) is 3.59. The number of anilines is 1. The third kappa shape index (κ3) is 3.24. The molecule has 1 aromatic rings. The van der Waals surface area contributed by atoms with E-state index in [9.17, 15) is 4.79 Å². The molecule has 2 fully saturated rings. The Morgan fingerprint density at radius 2 is 2.32 bits per heavy atom. The molecule has 0 saturated carbocycles. The van der Waals surface area contributed by atoms with E-state index in [-0.39, 0.29) is 12.1 Å². The maximum Gasteiger partial charge on any atom is 0.342 e. The summed E-state index contributed by atoms with van der Waals surface area (Å²) in [4.78, 5) is 19.0. The molecule has 0 N–H and O–H groups in total. The number of pyridine rings is 1. The van der Waals surface area contributed by atoms with Crippen LogP contribution in [-0.2, 0) is 9.47 Å². The molecule has 1 aromatic heterocycles. The van der Waals surface area contributed by atoms with Crippen LogP contribution in [0.2, 0.25) is 0 Å². The Bertz CT molecular complexity index is 532. The second-order valence-corrected chi connectivity index (χ2v) is 6.37. The lowest BCUT2D eigenvalue weighted by Gasteiger charge is -2.41. The maximum atomic E-state index is 12.3. The summed E-state index contributed by atoms with van der Waals surface area (Å²) in [6.07, 6.45) is 5.31. The molecule has 2 aliphatic rings. The van der Waals surface area contributed by atoms with Gasteiger partial charge in [0.25, 0.3) is 0 Å². The maximum absolute atomic E-state index is 12.3. The Labute approximate surface area is 131 Å². The number of ether oxygens (including phenoxy) is 2. The smallest absolute Gasteiger partial charge is 0.342 e. The first-order chi connectivity index (χ1) is 10.6. The highest BCUT2D eigenvalue weighted by Crippen LogP contribution is 2.31. The van der Waals surface area contributed by atoms with E-state index in [0.29, 0.717) is 17.6 Å². The van der Waals surface area contributed by atoms with Crippen molar-refractivity contribution in [3.63, 3.8) is 0 Å². The van der Waals surface area contributed by atoms with Gasteiger partial charge in [0.2, 0.25) is 0 Å². The first-order valence-corrected chi connectivity index (χ1v) is 8.17. The number of esters is 1. The van der Waals surface area contributed by atoms with Gasteiger partial charge in [-0.05, 0) is 45.2 Å². The van der Waals surface area contributed by atoms with Crippen LogP contribution in [0.25, 0.3) is 0 Å². The molecule has 0 aliphatic carbocycles. The van der Waals surface area contributed by atoms with Gasteiger partial charge in [-0.2, -0.15) is 0 Å². The molecule has 2 atom stereocenters. The van der Waals surface area contributed by atoms with Gasteiger partial charge in [-0.15, -0.1) is 0 Å². The monoisotopic (exact) mass is 304 g/mol. The number of carbonyl (C=O) groups is 1. The zero-order valence-electron chi connectivity index (χ0n) is 13.3. The van der Waals surface area contributed by atoms with Gasteiger partial charge in [-0.1, -0.05) is 0 Å². The van der Waals surface area contributed by atoms with E-state index >= 15 is 0 Å². The minimum Gasteiger partial charge on any atom is -0.459 e. The molecule has 2 aliphatic heterocycles. The van der Waals surface area contributed by atoms with Crippen molar-refractivity contribution in [3.05, 3.63) is 23.9 Å². The van der Waals surface area contributed by atoms with Crippen LogP contribution in [0.3, 0.4) is 0 Å². The van der Waals surface area contributed by atoms with Crippen LogP contribution in [0.5, 0.6) is 0 Å². The van der Waals surface area contributed by atoms with Gasteiger partial charge >= 0.3 is 5.97 Å². The van der Waals surface area contributed by atoms with Gasteiger partial charge in [-0.3, -0.25) is 0 Å². The third-order valence-electron chi connectivity index (χ3n) is 4.36. The average Bonchev–Trinajstić information content (AvgIpc) is 2.54. The number of piperidine rings is 1. The second-order valence-electron chi connectivity index (χ2n) is 6.37. The Morgan fingerprint density at radius 1 is 1.45 bits per heavy atom. The van der Waals surface area contributed by atoms with Crippen molar-refractivity contribution in [1.82, 2.24) is 4.98 Å². The van der Waals surface area contributed by atoms with Crippen molar-refractivity contribution in [2.24, 2.45) is 5.92 Å². The summed E-state index contributed by atoms with van der Waals surface area (Å²) < 4.78 is 11.2. The molecule has 0 amide bonds. The normalized spacial score (nSPS) is 25.0. The molecule has 0 aromatic carbocycles. The molecule has 3 heterocycles. The number of nitrogens with zero attached hydrogens (tertiary/aromatic N) is 2. The van der Waals surface area contributed by atoms with Crippen molar-refractivity contribution in [2.75, 3.05) is 24.6 Å². The number of carbonyl (C=O) groups excluding carboxylic acids is 1. The van der Waals surface area contributed by atoms with Gasteiger partial charge < -0.3 is 14.4 Å². The number of rotatable bonds is 3. The molecule has 0 spiro atoms. The number of hydrogen-bond donors (Lipinski definition) is 0. The summed E-state index contributed by atoms with van der Waals surface area (Å²) in [5, 5.41) is 0. The zero-order valence-corrected chi connectivity index (χ0v) is 13.3. The lowest BCUT2D eigenvalue weighted by atomic mass is 9.88. The van der Waals surface area contributed by atoms with Crippen LogP contribution in [0, 0.1) is 5.92 Å². The standard InChI is InChI=1S/C17H24N2O3/c1-12(2)22-17(20)14-6-3-8-18-16(14)19-9-7-15-13(11-19)5-4-10-21-15/h3,6,8,12-13,15H,4-5,7,9-11H2,1-2H3/t13-,15-/m1/s1. The van der Waals surface area contributed by atoms with Crippen LogP contribution in [0.1, 0.15) is 43.5 Å². The lowest BCUT2D eigenvalue weighted by Crippen LogP contribution is -2.47. The fourth-order valence-electron chi connectivity index (χ4n) is 3.37. The largest absolute Gasteiger partial charge is 0.459 e. The van der Waals surface area contributed by atoms with Gasteiger partial charge in [0.1, 0.15) is 11.4 Å². The van der Waals surface area contributed by atoms with Gasteiger partial charge in [0.15, 0.2) is 0 Å². The van der Waals surface area contributed by atoms with E-state index in [1.165, 1.54) is 6.42 Å². The van der Waals surface area contributed by atoms with Crippen LogP contribution in [0.4, 0.5) is 5.82 Å². The highest BCUT2D eigenvalue weighted by Gasteiger charge is 2.33. The van der Waals surface area contributed by atoms with Crippen molar-refractivity contribution in [3.8, 4) is 0 Å². The molecule has 0 unspecified atom stereocenters. The van der Waals surface area contributed by atoms with Gasteiger partial charge in [0, 0.05) is 31.8 Å². The van der Waals surface area contributed by atoms with Gasteiger partial charge in [-0.25, -0.2) is 9.78 Å². The topological polar surface area (TPSA) is 51.7 Å². The third-order valence-corrected chi connectivity index (χ3v) is 4.36. The molecule has 0 radical (unpaired) electrons. The van der Waals surface area contributed by atoms with Crippen LogP contribution in [0.15, 0.2) is 18.3 Å². The quantitative estimate of drug-likeness (QED) is 0.804. The number of hydrogen-bond acceptors (Lipinski definition) is 5. The summed E-state index contributed by atoms with van der Waals surface area (Å²) in [5.41, 5.74) is 0.561. The van der Waals surface area contributed by atoms with E-state index in [4.69, 9.17) is 9.47 Å². The Hall–Kier alpha value is -1.62. The van der Waals surface area contributed by atoms with Crippen LogP contribution >= 0.6 is 0 Å².